The Kier molecular flexibility index (Phi) is 8.71. The van der Waals surface area contributed by atoms with Crippen LogP contribution in [0.3, 0.4) is 0 Å². The molecule has 3 N–H and O–H groups in total. The number of urea groups is 1. The van der Waals surface area contributed by atoms with Crippen molar-refractivity contribution >= 4 is 40.0 Å². The highest BCUT2D eigenvalue weighted by atomic mass is 32.1. The molecule has 0 aliphatic carbocycles. The van der Waals surface area contributed by atoms with Crippen LogP contribution in [0.25, 0.3) is 10.6 Å². The highest BCUT2D eigenvalue weighted by Crippen LogP contribution is 2.35. The third-order valence-electron chi connectivity index (χ3n) is 7.22. The normalized spacial score (nSPS) is 17.1. The van der Waals surface area contributed by atoms with Crippen molar-refractivity contribution in [2.24, 2.45) is 0 Å². The molecule has 0 unspecified atom stereocenters. The number of carbonyl (C=O) groups is 2. The molecule has 41 heavy (non-hydrogen) atoms. The molecule has 2 aliphatic rings. The van der Waals surface area contributed by atoms with Gasteiger partial charge >= 0.3 is 6.03 Å². The molecule has 2 aliphatic heterocycles. The van der Waals surface area contributed by atoms with E-state index in [4.69, 9.17) is 0 Å². The molecule has 2 fully saturated rings. The van der Waals surface area contributed by atoms with Crippen LogP contribution in [0.5, 0.6) is 0 Å². The first-order valence-electron chi connectivity index (χ1n) is 13.5. The topological polar surface area (TPSA) is 119 Å². The molecule has 4 heterocycles. The van der Waals surface area contributed by atoms with E-state index in [1.54, 1.807) is 32.2 Å². The van der Waals surface area contributed by atoms with E-state index in [2.05, 4.69) is 35.8 Å². The van der Waals surface area contributed by atoms with Crippen LogP contribution in [0.4, 0.5) is 30.3 Å². The van der Waals surface area contributed by atoms with Crippen LogP contribution in [0.15, 0.2) is 36.7 Å². The van der Waals surface area contributed by atoms with E-state index in [9.17, 15) is 18.4 Å². The molecule has 14 heteroatoms. The zero-order chi connectivity index (χ0) is 29.0. The Morgan fingerprint density at radius 3 is 2.54 bits per heavy atom. The van der Waals surface area contributed by atoms with Gasteiger partial charge in [-0.1, -0.05) is 11.3 Å². The second kappa shape index (κ2) is 12.4. The molecule has 3 amide bonds. The van der Waals surface area contributed by atoms with Gasteiger partial charge in [0, 0.05) is 57.7 Å². The molecule has 2 saturated heterocycles. The zero-order valence-corrected chi connectivity index (χ0v) is 23.8. The van der Waals surface area contributed by atoms with Crippen molar-refractivity contribution in [3.63, 3.8) is 0 Å². The van der Waals surface area contributed by atoms with Crippen molar-refractivity contribution in [3.05, 3.63) is 48.3 Å². The van der Waals surface area contributed by atoms with Crippen molar-refractivity contribution in [1.82, 2.24) is 35.4 Å². The van der Waals surface area contributed by atoms with Gasteiger partial charge in [0.1, 0.15) is 17.1 Å². The number of amides is 3. The van der Waals surface area contributed by atoms with Crippen LogP contribution >= 0.6 is 11.3 Å². The lowest BCUT2D eigenvalue weighted by molar-refractivity contribution is -0.125. The van der Waals surface area contributed by atoms with E-state index >= 15 is 0 Å². The van der Waals surface area contributed by atoms with Gasteiger partial charge < -0.3 is 25.3 Å². The van der Waals surface area contributed by atoms with E-state index in [-0.39, 0.29) is 36.5 Å². The van der Waals surface area contributed by atoms with Crippen LogP contribution in [-0.2, 0) is 4.79 Å². The summed E-state index contributed by atoms with van der Waals surface area (Å²) in [6, 6.07) is 5.79. The lowest BCUT2D eigenvalue weighted by atomic mass is 10.0. The third-order valence-corrected chi connectivity index (χ3v) is 8.25. The van der Waals surface area contributed by atoms with Crippen molar-refractivity contribution < 1.29 is 18.4 Å². The summed E-state index contributed by atoms with van der Waals surface area (Å²) >= 11 is 1.29. The lowest BCUT2D eigenvalue weighted by Crippen LogP contribution is -2.46. The van der Waals surface area contributed by atoms with Gasteiger partial charge in [-0.25, -0.2) is 28.5 Å². The highest BCUT2D eigenvalue weighted by Gasteiger charge is 2.45. The number of rotatable bonds is 11. The first-order valence-corrected chi connectivity index (χ1v) is 14.4. The number of carbonyl (C=O) groups excluding carboxylic acids is 2. The van der Waals surface area contributed by atoms with Gasteiger partial charge in [-0.05, 0) is 51.1 Å². The smallest absolute Gasteiger partial charge is 0.325 e. The molecule has 0 saturated carbocycles. The van der Waals surface area contributed by atoms with Gasteiger partial charge in [-0.2, -0.15) is 0 Å². The summed E-state index contributed by atoms with van der Waals surface area (Å²) in [5, 5.41) is 9.32. The van der Waals surface area contributed by atoms with E-state index in [1.165, 1.54) is 28.4 Å². The summed E-state index contributed by atoms with van der Waals surface area (Å²) in [6.45, 7) is 9.37. The largest absolute Gasteiger partial charge is 0.352 e. The summed E-state index contributed by atoms with van der Waals surface area (Å²) in [7, 11) is 0. The Morgan fingerprint density at radius 1 is 1.07 bits per heavy atom. The number of anilines is 3. The molecule has 0 bridgehead atoms. The van der Waals surface area contributed by atoms with Crippen LogP contribution in [0, 0.1) is 11.6 Å². The van der Waals surface area contributed by atoms with Crippen LogP contribution in [0.1, 0.15) is 20.3 Å². The minimum absolute atomic E-state index is 0.0977. The highest BCUT2D eigenvalue weighted by molar-refractivity contribution is 7.18. The number of thiazole rings is 1. The van der Waals surface area contributed by atoms with Gasteiger partial charge in [-0.3, -0.25) is 10.1 Å². The Bertz CT molecular complexity index is 1380. The van der Waals surface area contributed by atoms with Gasteiger partial charge in [0.15, 0.2) is 10.9 Å². The van der Waals surface area contributed by atoms with Gasteiger partial charge in [-0.15, -0.1) is 0 Å². The Balaban J connectivity index is 1.29. The molecule has 0 atom stereocenters. The molecule has 3 aromatic rings. The van der Waals surface area contributed by atoms with Crippen LogP contribution < -0.4 is 20.9 Å². The number of halogens is 2. The van der Waals surface area contributed by atoms with E-state index in [0.717, 1.165) is 51.0 Å². The van der Waals surface area contributed by atoms with Crippen molar-refractivity contribution in [2.75, 3.05) is 62.6 Å². The summed E-state index contributed by atoms with van der Waals surface area (Å²) in [5.74, 6) is -1.09. The number of nitrogens with zero attached hydrogens (tertiary/aromatic N) is 6. The maximum atomic E-state index is 14.9. The van der Waals surface area contributed by atoms with Gasteiger partial charge in [0.25, 0.3) is 5.91 Å². The summed E-state index contributed by atoms with van der Waals surface area (Å²) in [5.41, 5.74) is -0.0698. The number of imide groups is 1. The molecule has 5 rings (SSSR count). The van der Waals surface area contributed by atoms with Crippen molar-refractivity contribution in [3.8, 4) is 10.6 Å². The standard InChI is InChI=1S/C27H33F2N9O2S/c1-27(2)23(39)35-25(40)38(27)15-10-31-24-32-16-20(29)22(34-24)21-17-33-26(41-21)37(19-6-4-18(28)5-7-19)12-3-11-36-13-8-30-9-14-36/h4-7,16-17,30H,3,8-15H2,1-2H3,(H,31,32,34)(H,35,39,40). The first kappa shape index (κ1) is 28.8. The monoisotopic (exact) mass is 585 g/mol. The molecule has 218 valence electrons. The molecule has 0 radical (unpaired) electrons. The first-order chi connectivity index (χ1) is 19.7. The number of piperazine rings is 1. The van der Waals surface area contributed by atoms with E-state index in [1.807, 2.05) is 4.90 Å². The second-order valence-corrected chi connectivity index (χ2v) is 11.4. The number of benzene rings is 1. The Hall–Kier alpha value is -3.75. The SMILES string of the molecule is CC1(C)C(=O)NC(=O)N1CCNc1ncc(F)c(-c2cnc(N(CCCN3CCNCC3)c3ccc(F)cc3)s2)n1. The second-order valence-electron chi connectivity index (χ2n) is 10.4. The minimum Gasteiger partial charge on any atom is -0.352 e. The fourth-order valence-electron chi connectivity index (χ4n) is 4.82. The molecular weight excluding hydrogens is 552 g/mol. The van der Waals surface area contributed by atoms with E-state index < -0.39 is 17.4 Å². The van der Waals surface area contributed by atoms with Crippen LogP contribution in [-0.4, -0.2) is 94.6 Å². The molecule has 0 spiro atoms. The summed E-state index contributed by atoms with van der Waals surface area (Å²) in [6.07, 6.45) is 3.54. The molecule has 2 aromatic heterocycles. The van der Waals surface area contributed by atoms with Gasteiger partial charge in [0.05, 0.1) is 11.1 Å². The van der Waals surface area contributed by atoms with Crippen LogP contribution in [0.2, 0.25) is 0 Å². The number of hydrogen-bond donors (Lipinski definition) is 3. The Morgan fingerprint density at radius 2 is 1.83 bits per heavy atom. The van der Waals surface area contributed by atoms with Crippen molar-refractivity contribution in [1.29, 1.82) is 0 Å². The van der Waals surface area contributed by atoms with Gasteiger partial charge in [0.2, 0.25) is 5.95 Å². The fourth-order valence-corrected chi connectivity index (χ4v) is 5.78. The fraction of sp³-hybridized carbons (Fsp3) is 0.444. The molecular formula is C27H33F2N9O2S. The Labute approximate surface area is 241 Å². The summed E-state index contributed by atoms with van der Waals surface area (Å²) in [4.78, 5) is 43.4. The molecule has 11 nitrogen and oxygen atoms in total. The zero-order valence-electron chi connectivity index (χ0n) is 23.0. The van der Waals surface area contributed by atoms with E-state index in [0.29, 0.717) is 16.6 Å². The van der Waals surface area contributed by atoms with Crippen molar-refractivity contribution in [2.45, 2.75) is 25.8 Å². The lowest BCUT2D eigenvalue weighted by Gasteiger charge is -2.28. The maximum Gasteiger partial charge on any atom is 0.325 e. The predicted octanol–water partition coefficient (Wildman–Crippen LogP) is 3.05. The number of nitrogens with one attached hydrogen (secondary N) is 3. The molecule has 1 aromatic carbocycles. The summed E-state index contributed by atoms with van der Waals surface area (Å²) < 4.78 is 28.5. The number of hydrogen-bond acceptors (Lipinski definition) is 10. The predicted molar refractivity (Wildman–Crippen MR) is 153 cm³/mol. The quantitative estimate of drug-likeness (QED) is 0.292. The average molecular weight is 586 g/mol. The minimum atomic E-state index is -0.964. The maximum absolute atomic E-state index is 14.9. The average Bonchev–Trinajstić information content (AvgIpc) is 3.51. The third kappa shape index (κ3) is 6.60. The number of aromatic nitrogens is 3.